The lowest BCUT2D eigenvalue weighted by Gasteiger charge is -2.25. The van der Waals surface area contributed by atoms with Crippen molar-refractivity contribution in [3.05, 3.63) is 0 Å². The van der Waals surface area contributed by atoms with Crippen molar-refractivity contribution in [2.24, 2.45) is 0 Å². The van der Waals surface area contributed by atoms with Crippen molar-refractivity contribution in [1.82, 2.24) is 5.32 Å². The van der Waals surface area contributed by atoms with Crippen LogP contribution >= 0.6 is 0 Å². The third-order valence-corrected chi connectivity index (χ3v) is 3.74. The molecule has 0 radical (unpaired) electrons. The highest BCUT2D eigenvalue weighted by Crippen LogP contribution is 2.21. The molecule has 2 fully saturated rings. The van der Waals surface area contributed by atoms with Crippen LogP contribution in [0.4, 0.5) is 0 Å². The highest BCUT2D eigenvalue weighted by Gasteiger charge is 2.27. The maximum atomic E-state index is 6.03. The minimum atomic E-state index is 0.167. The van der Waals surface area contributed by atoms with Crippen LogP contribution in [-0.4, -0.2) is 50.2 Å². The van der Waals surface area contributed by atoms with E-state index in [1.165, 1.54) is 0 Å². The maximum absolute atomic E-state index is 6.03. The molecule has 0 aromatic heterocycles. The lowest BCUT2D eigenvalue weighted by Crippen LogP contribution is -2.41. The summed E-state index contributed by atoms with van der Waals surface area (Å²) in [6, 6.07) is 0. The molecule has 1 N–H and O–H groups in total. The molecule has 2 saturated heterocycles. The fourth-order valence-electron chi connectivity index (χ4n) is 2.56. The van der Waals surface area contributed by atoms with Gasteiger partial charge in [-0.05, 0) is 46.5 Å². The Morgan fingerprint density at radius 1 is 1.05 bits per heavy atom. The summed E-state index contributed by atoms with van der Waals surface area (Å²) in [4.78, 5) is 0. The predicted molar refractivity (Wildman–Crippen MR) is 75.4 cm³/mol. The molecule has 0 amide bonds. The molecule has 2 aliphatic heterocycles. The summed E-state index contributed by atoms with van der Waals surface area (Å²) in [6.07, 6.45) is 5.34. The van der Waals surface area contributed by atoms with Gasteiger partial charge in [-0.25, -0.2) is 0 Å². The van der Waals surface area contributed by atoms with E-state index in [-0.39, 0.29) is 11.6 Å². The molecule has 2 rings (SSSR count). The van der Waals surface area contributed by atoms with Crippen LogP contribution in [-0.2, 0) is 14.2 Å². The highest BCUT2D eigenvalue weighted by molar-refractivity contribution is 4.79. The third-order valence-electron chi connectivity index (χ3n) is 3.74. The smallest absolute Gasteiger partial charge is 0.0814 e. The number of hydrogen-bond donors (Lipinski definition) is 1. The predicted octanol–water partition coefficient (Wildman–Crippen LogP) is 2.12. The van der Waals surface area contributed by atoms with Crippen molar-refractivity contribution in [3.63, 3.8) is 0 Å². The molecule has 112 valence electrons. The lowest BCUT2D eigenvalue weighted by molar-refractivity contribution is -0.0736. The van der Waals surface area contributed by atoms with Crippen LogP contribution in [0.1, 0.15) is 46.5 Å². The van der Waals surface area contributed by atoms with Crippen molar-refractivity contribution in [1.29, 1.82) is 0 Å². The highest BCUT2D eigenvalue weighted by atomic mass is 16.6. The molecular weight excluding hydrogens is 242 g/mol. The Balaban J connectivity index is 1.59. The summed E-state index contributed by atoms with van der Waals surface area (Å²) in [7, 11) is 0. The van der Waals surface area contributed by atoms with Gasteiger partial charge in [-0.15, -0.1) is 0 Å². The minimum Gasteiger partial charge on any atom is -0.381 e. The largest absolute Gasteiger partial charge is 0.381 e. The van der Waals surface area contributed by atoms with Gasteiger partial charge in [0, 0.05) is 25.3 Å². The lowest BCUT2D eigenvalue weighted by atomic mass is 10.1. The van der Waals surface area contributed by atoms with E-state index >= 15 is 0 Å². The van der Waals surface area contributed by atoms with Gasteiger partial charge in [-0.2, -0.15) is 0 Å². The van der Waals surface area contributed by atoms with E-state index in [0.29, 0.717) is 12.2 Å². The monoisotopic (exact) mass is 271 g/mol. The van der Waals surface area contributed by atoms with Crippen molar-refractivity contribution in [3.8, 4) is 0 Å². The summed E-state index contributed by atoms with van der Waals surface area (Å²) < 4.78 is 17.3. The molecule has 0 spiro atoms. The Morgan fingerprint density at radius 2 is 1.74 bits per heavy atom. The zero-order valence-corrected chi connectivity index (χ0v) is 12.6. The zero-order chi connectivity index (χ0) is 13.7. The molecule has 0 bridgehead atoms. The van der Waals surface area contributed by atoms with Crippen LogP contribution in [0.2, 0.25) is 0 Å². The molecule has 2 heterocycles. The Kier molecular flexibility index (Phi) is 5.63. The van der Waals surface area contributed by atoms with E-state index < -0.39 is 0 Å². The molecular formula is C15H29NO3. The van der Waals surface area contributed by atoms with E-state index in [9.17, 15) is 0 Å². The topological polar surface area (TPSA) is 39.7 Å². The van der Waals surface area contributed by atoms with Gasteiger partial charge in [-0.1, -0.05) is 0 Å². The second kappa shape index (κ2) is 7.02. The quantitative estimate of drug-likeness (QED) is 0.831. The summed E-state index contributed by atoms with van der Waals surface area (Å²) in [5.41, 5.74) is 0.167. The maximum Gasteiger partial charge on any atom is 0.0814 e. The number of ether oxygens (including phenoxy) is 3. The van der Waals surface area contributed by atoms with Gasteiger partial charge < -0.3 is 19.5 Å². The fraction of sp³-hybridized carbons (Fsp3) is 1.00. The second-order valence-corrected chi connectivity index (χ2v) is 6.73. The molecule has 2 aliphatic rings. The minimum absolute atomic E-state index is 0.167. The normalized spacial score (nSPS) is 29.8. The summed E-state index contributed by atoms with van der Waals surface area (Å²) in [5, 5.41) is 3.51. The van der Waals surface area contributed by atoms with Crippen LogP contribution in [0.5, 0.6) is 0 Å². The van der Waals surface area contributed by atoms with Gasteiger partial charge in [0.2, 0.25) is 0 Å². The average Bonchev–Trinajstić information content (AvgIpc) is 2.82. The van der Waals surface area contributed by atoms with Crippen molar-refractivity contribution >= 4 is 0 Å². The Bertz CT molecular complexity index is 259. The van der Waals surface area contributed by atoms with Crippen LogP contribution in [0.15, 0.2) is 0 Å². The van der Waals surface area contributed by atoms with Crippen molar-refractivity contribution in [2.75, 3.05) is 26.4 Å². The first-order valence-electron chi connectivity index (χ1n) is 7.63. The van der Waals surface area contributed by atoms with Gasteiger partial charge >= 0.3 is 0 Å². The summed E-state index contributed by atoms with van der Waals surface area (Å²) in [5.74, 6) is 0. The van der Waals surface area contributed by atoms with Gasteiger partial charge in [-0.3, -0.25) is 0 Å². The van der Waals surface area contributed by atoms with E-state index in [0.717, 1.165) is 52.0 Å². The number of nitrogens with one attached hydrogen (secondary N) is 1. The summed E-state index contributed by atoms with van der Waals surface area (Å²) >= 11 is 0. The molecule has 0 aliphatic carbocycles. The Morgan fingerprint density at radius 3 is 2.42 bits per heavy atom. The molecule has 0 saturated carbocycles. The fourth-order valence-corrected chi connectivity index (χ4v) is 2.56. The standard InChI is InChI=1S/C15H29NO3/c1-15(2,3)16-10-13-4-5-14(19-13)11-18-12-6-8-17-9-7-12/h12-14,16H,4-11H2,1-3H3. The zero-order valence-electron chi connectivity index (χ0n) is 12.6. The first kappa shape index (κ1) is 15.2. The molecule has 2 atom stereocenters. The number of hydrogen-bond acceptors (Lipinski definition) is 4. The van der Waals surface area contributed by atoms with Crippen LogP contribution in [0.25, 0.3) is 0 Å². The molecule has 0 aromatic carbocycles. The van der Waals surface area contributed by atoms with E-state index in [1.54, 1.807) is 0 Å². The van der Waals surface area contributed by atoms with Crippen molar-refractivity contribution in [2.45, 2.75) is 70.3 Å². The SMILES string of the molecule is CC(C)(C)NCC1CCC(COC2CCOCC2)O1. The van der Waals surface area contributed by atoms with E-state index in [4.69, 9.17) is 14.2 Å². The average molecular weight is 271 g/mol. The number of rotatable bonds is 5. The molecule has 2 unspecified atom stereocenters. The van der Waals surface area contributed by atoms with Crippen LogP contribution in [0.3, 0.4) is 0 Å². The van der Waals surface area contributed by atoms with Gasteiger partial charge in [0.1, 0.15) is 0 Å². The molecule has 0 aromatic rings. The second-order valence-electron chi connectivity index (χ2n) is 6.73. The van der Waals surface area contributed by atoms with E-state index in [2.05, 4.69) is 26.1 Å². The Labute approximate surface area is 117 Å². The first-order chi connectivity index (χ1) is 9.03. The van der Waals surface area contributed by atoms with E-state index in [1.807, 2.05) is 0 Å². The van der Waals surface area contributed by atoms with Gasteiger partial charge in [0.05, 0.1) is 24.9 Å². The van der Waals surface area contributed by atoms with Crippen LogP contribution < -0.4 is 5.32 Å². The van der Waals surface area contributed by atoms with Gasteiger partial charge in [0.25, 0.3) is 0 Å². The summed E-state index contributed by atoms with van der Waals surface area (Å²) in [6.45, 7) is 9.94. The Hall–Kier alpha value is -0.160. The van der Waals surface area contributed by atoms with Crippen molar-refractivity contribution < 1.29 is 14.2 Å². The van der Waals surface area contributed by atoms with Crippen LogP contribution in [0, 0.1) is 0 Å². The van der Waals surface area contributed by atoms with Gasteiger partial charge in [0.15, 0.2) is 0 Å². The first-order valence-corrected chi connectivity index (χ1v) is 7.63. The third kappa shape index (κ3) is 5.78. The molecule has 19 heavy (non-hydrogen) atoms. The molecule has 4 nitrogen and oxygen atoms in total. The molecule has 4 heteroatoms.